The van der Waals surface area contributed by atoms with E-state index in [0.29, 0.717) is 0 Å². The Morgan fingerprint density at radius 3 is 2.92 bits per heavy atom. The largest absolute Gasteiger partial charge is 0.379 e. The molecule has 2 aromatic rings. The summed E-state index contributed by atoms with van der Waals surface area (Å²) in [5.41, 5.74) is 2.09. The van der Waals surface area contributed by atoms with E-state index < -0.39 is 0 Å². The zero-order valence-corrected chi connectivity index (χ0v) is 14.5. The summed E-state index contributed by atoms with van der Waals surface area (Å²) in [4.78, 5) is 14.7. The maximum Gasteiger partial charge on any atom is 0.241 e. The molecule has 3 heterocycles. The van der Waals surface area contributed by atoms with Crippen LogP contribution in [-0.4, -0.2) is 60.8 Å². The predicted molar refractivity (Wildman–Crippen MR) is 98.9 cm³/mol. The van der Waals surface area contributed by atoms with Crippen molar-refractivity contribution in [2.45, 2.75) is 25.4 Å². The molecular weight excluding hydrogens is 316 g/mol. The van der Waals surface area contributed by atoms with Gasteiger partial charge in [0.25, 0.3) is 0 Å². The molecule has 2 aliphatic rings. The van der Waals surface area contributed by atoms with Crippen LogP contribution in [-0.2, 0) is 16.1 Å². The summed E-state index contributed by atoms with van der Waals surface area (Å²) in [6.07, 6.45) is 4.13. The quantitative estimate of drug-likeness (QED) is 0.868. The van der Waals surface area contributed by atoms with Crippen molar-refractivity contribution in [3.05, 3.63) is 30.5 Å². The standard InChI is InChI=1S/C19H26N4O2/c24-19(17-2-1-6-20-17)21-16-3-4-18-15(14-16)5-7-23(18)9-8-22-10-12-25-13-11-22/h3-5,7,14,17,20H,1-2,6,8-13H2,(H,21,24). The number of carbonyl (C=O) groups excluding carboxylic acids is 1. The van der Waals surface area contributed by atoms with E-state index in [0.717, 1.165) is 64.5 Å². The molecule has 6 heteroatoms. The van der Waals surface area contributed by atoms with Gasteiger partial charge in [-0.05, 0) is 43.7 Å². The van der Waals surface area contributed by atoms with Crippen LogP contribution in [0, 0.1) is 0 Å². The maximum atomic E-state index is 12.2. The summed E-state index contributed by atoms with van der Waals surface area (Å²) in [5, 5.41) is 7.44. The lowest BCUT2D eigenvalue weighted by atomic mass is 10.2. The zero-order chi connectivity index (χ0) is 17.1. The van der Waals surface area contributed by atoms with E-state index in [1.54, 1.807) is 0 Å². The molecular formula is C19H26N4O2. The maximum absolute atomic E-state index is 12.2. The lowest BCUT2D eigenvalue weighted by Crippen LogP contribution is -2.38. The highest BCUT2D eigenvalue weighted by atomic mass is 16.5. The van der Waals surface area contributed by atoms with Gasteiger partial charge in [-0.15, -0.1) is 0 Å². The number of hydrogen-bond donors (Lipinski definition) is 2. The number of amides is 1. The number of ether oxygens (including phenoxy) is 1. The van der Waals surface area contributed by atoms with Crippen molar-refractivity contribution >= 4 is 22.5 Å². The number of rotatable bonds is 5. The Bertz CT molecular complexity index is 730. The number of benzene rings is 1. The number of carbonyl (C=O) groups is 1. The van der Waals surface area contributed by atoms with Gasteiger partial charge in [0.2, 0.25) is 5.91 Å². The Morgan fingerprint density at radius 2 is 2.12 bits per heavy atom. The fraction of sp³-hybridized carbons (Fsp3) is 0.526. The Kier molecular flexibility index (Phi) is 5.01. The van der Waals surface area contributed by atoms with Crippen LogP contribution >= 0.6 is 0 Å². The smallest absolute Gasteiger partial charge is 0.241 e. The van der Waals surface area contributed by atoms with Crippen LogP contribution in [0.1, 0.15) is 12.8 Å². The first-order chi connectivity index (χ1) is 12.3. The van der Waals surface area contributed by atoms with Crippen molar-refractivity contribution < 1.29 is 9.53 Å². The summed E-state index contributed by atoms with van der Waals surface area (Å²) >= 11 is 0. The lowest BCUT2D eigenvalue weighted by Gasteiger charge is -2.26. The van der Waals surface area contributed by atoms with E-state index in [1.807, 2.05) is 6.07 Å². The number of hydrogen-bond acceptors (Lipinski definition) is 4. The molecule has 1 amide bonds. The van der Waals surface area contributed by atoms with Crippen LogP contribution in [0.25, 0.3) is 10.9 Å². The SMILES string of the molecule is O=C(Nc1ccc2c(ccn2CCN2CCOCC2)c1)C1CCCN1. The molecule has 1 unspecified atom stereocenters. The molecule has 0 saturated carbocycles. The number of anilines is 1. The van der Waals surface area contributed by atoms with Gasteiger partial charge in [-0.25, -0.2) is 0 Å². The Balaban J connectivity index is 1.40. The minimum absolute atomic E-state index is 0.0474. The Labute approximate surface area is 148 Å². The van der Waals surface area contributed by atoms with Crippen molar-refractivity contribution in [2.24, 2.45) is 0 Å². The third-order valence-electron chi connectivity index (χ3n) is 5.18. The van der Waals surface area contributed by atoms with Crippen molar-refractivity contribution in [2.75, 3.05) is 44.7 Å². The molecule has 6 nitrogen and oxygen atoms in total. The van der Waals surface area contributed by atoms with Crippen LogP contribution in [0.5, 0.6) is 0 Å². The first-order valence-corrected chi connectivity index (χ1v) is 9.23. The molecule has 2 N–H and O–H groups in total. The molecule has 1 aromatic carbocycles. The molecule has 1 atom stereocenters. The van der Waals surface area contributed by atoms with Crippen LogP contribution in [0.4, 0.5) is 5.69 Å². The first-order valence-electron chi connectivity index (χ1n) is 9.23. The van der Waals surface area contributed by atoms with Gasteiger partial charge in [0.15, 0.2) is 0 Å². The van der Waals surface area contributed by atoms with E-state index in [9.17, 15) is 4.79 Å². The average molecular weight is 342 g/mol. The van der Waals surface area contributed by atoms with E-state index in [4.69, 9.17) is 4.74 Å². The van der Waals surface area contributed by atoms with Crippen LogP contribution in [0.15, 0.2) is 30.5 Å². The van der Waals surface area contributed by atoms with Crippen molar-refractivity contribution in [3.8, 4) is 0 Å². The van der Waals surface area contributed by atoms with Crippen LogP contribution in [0.2, 0.25) is 0 Å². The predicted octanol–water partition coefficient (Wildman–Crippen LogP) is 1.66. The summed E-state index contributed by atoms with van der Waals surface area (Å²) in [6, 6.07) is 8.24. The van der Waals surface area contributed by atoms with Gasteiger partial charge in [-0.3, -0.25) is 9.69 Å². The number of nitrogens with zero attached hydrogens (tertiary/aromatic N) is 2. The number of fused-ring (bicyclic) bond motifs is 1. The average Bonchev–Trinajstić information content (AvgIpc) is 3.31. The Hall–Kier alpha value is -1.89. The van der Waals surface area contributed by atoms with Crippen molar-refractivity contribution in [1.82, 2.24) is 14.8 Å². The highest BCUT2D eigenvalue weighted by molar-refractivity contribution is 5.97. The first kappa shape index (κ1) is 16.6. The van der Waals surface area contributed by atoms with Crippen LogP contribution < -0.4 is 10.6 Å². The highest BCUT2D eigenvalue weighted by Gasteiger charge is 2.22. The zero-order valence-electron chi connectivity index (χ0n) is 14.5. The van der Waals surface area contributed by atoms with E-state index >= 15 is 0 Å². The molecule has 0 aliphatic carbocycles. The van der Waals surface area contributed by atoms with Gasteiger partial charge >= 0.3 is 0 Å². The molecule has 134 valence electrons. The van der Waals surface area contributed by atoms with Crippen molar-refractivity contribution in [1.29, 1.82) is 0 Å². The molecule has 0 spiro atoms. The molecule has 0 radical (unpaired) electrons. The van der Waals surface area contributed by atoms with E-state index in [2.05, 4.69) is 44.5 Å². The third kappa shape index (κ3) is 3.86. The lowest BCUT2D eigenvalue weighted by molar-refractivity contribution is -0.117. The summed E-state index contributed by atoms with van der Waals surface area (Å²) in [7, 11) is 0. The molecule has 2 aliphatic heterocycles. The second-order valence-corrected chi connectivity index (χ2v) is 6.87. The van der Waals surface area contributed by atoms with Gasteiger partial charge in [-0.2, -0.15) is 0 Å². The van der Waals surface area contributed by atoms with Gasteiger partial charge in [0.05, 0.1) is 19.3 Å². The fourth-order valence-corrected chi connectivity index (χ4v) is 3.68. The molecule has 1 aromatic heterocycles. The molecule has 4 rings (SSSR count). The number of nitrogens with one attached hydrogen (secondary N) is 2. The van der Waals surface area contributed by atoms with Crippen molar-refractivity contribution in [3.63, 3.8) is 0 Å². The van der Waals surface area contributed by atoms with Gasteiger partial charge < -0.3 is 19.9 Å². The summed E-state index contributed by atoms with van der Waals surface area (Å²) in [5.74, 6) is 0.0728. The second kappa shape index (κ2) is 7.56. The summed E-state index contributed by atoms with van der Waals surface area (Å²) < 4.78 is 7.69. The topological polar surface area (TPSA) is 58.5 Å². The van der Waals surface area contributed by atoms with Gasteiger partial charge in [0.1, 0.15) is 0 Å². The molecule has 2 fully saturated rings. The van der Waals surface area contributed by atoms with Crippen LogP contribution in [0.3, 0.4) is 0 Å². The number of morpholine rings is 1. The number of aromatic nitrogens is 1. The van der Waals surface area contributed by atoms with Gasteiger partial charge in [0, 0.05) is 49.0 Å². The normalized spacial score (nSPS) is 21.7. The monoisotopic (exact) mass is 342 g/mol. The molecule has 25 heavy (non-hydrogen) atoms. The third-order valence-corrected chi connectivity index (χ3v) is 5.18. The fourth-order valence-electron chi connectivity index (χ4n) is 3.68. The minimum atomic E-state index is -0.0474. The highest BCUT2D eigenvalue weighted by Crippen LogP contribution is 2.21. The summed E-state index contributed by atoms with van der Waals surface area (Å²) in [6.45, 7) is 6.66. The second-order valence-electron chi connectivity index (χ2n) is 6.87. The Morgan fingerprint density at radius 1 is 1.24 bits per heavy atom. The van der Waals surface area contributed by atoms with E-state index in [-0.39, 0.29) is 11.9 Å². The minimum Gasteiger partial charge on any atom is -0.379 e. The molecule has 0 bridgehead atoms. The molecule has 2 saturated heterocycles. The van der Waals surface area contributed by atoms with Gasteiger partial charge in [-0.1, -0.05) is 0 Å². The van der Waals surface area contributed by atoms with E-state index in [1.165, 1.54) is 10.9 Å².